The minimum atomic E-state index is -1.13. The summed E-state index contributed by atoms with van der Waals surface area (Å²) in [6.45, 7) is 6.23. The number of rotatable bonds is 2. The van der Waals surface area contributed by atoms with Gasteiger partial charge in [0.2, 0.25) is 5.91 Å². The van der Waals surface area contributed by atoms with Crippen LogP contribution in [0.25, 0.3) is 0 Å². The number of amides is 2. The number of nitrogens with zero attached hydrogens (tertiary/aromatic N) is 2. The van der Waals surface area contributed by atoms with E-state index in [-0.39, 0.29) is 18.9 Å². The van der Waals surface area contributed by atoms with E-state index in [9.17, 15) is 14.7 Å². The quantitative estimate of drug-likeness (QED) is 0.839. The first-order valence-electron chi connectivity index (χ1n) is 9.18. The largest absolute Gasteiger partial charge is 0.444 e. The second kappa shape index (κ2) is 6.21. The third kappa shape index (κ3) is 3.68. The number of carbonyl (C=O) groups is 2. The van der Waals surface area contributed by atoms with E-state index in [2.05, 4.69) is 0 Å². The number of hydrogen-bond acceptors (Lipinski definition) is 4. The Balaban J connectivity index is 1.60. The zero-order valence-corrected chi connectivity index (χ0v) is 15.1. The van der Waals surface area contributed by atoms with Crippen molar-refractivity contribution in [1.29, 1.82) is 0 Å². The molecule has 0 aromatic heterocycles. The number of β-amino-alcohol motifs (C(OH)–C–C–N with tert-alkyl or cyclic N) is 1. The molecule has 0 spiro atoms. The van der Waals surface area contributed by atoms with E-state index in [1.807, 2.05) is 25.7 Å². The molecule has 0 saturated carbocycles. The van der Waals surface area contributed by atoms with Gasteiger partial charge in [-0.3, -0.25) is 4.79 Å². The molecule has 0 aromatic rings. The average molecular weight is 338 g/mol. The first-order chi connectivity index (χ1) is 11.2. The van der Waals surface area contributed by atoms with Crippen LogP contribution in [0.3, 0.4) is 0 Å². The van der Waals surface area contributed by atoms with Crippen molar-refractivity contribution in [2.75, 3.05) is 13.1 Å². The Kier molecular flexibility index (Phi) is 4.53. The molecular formula is C18H30N2O4. The van der Waals surface area contributed by atoms with Gasteiger partial charge in [-0.05, 0) is 59.3 Å². The van der Waals surface area contributed by atoms with Crippen LogP contribution in [-0.4, -0.2) is 63.3 Å². The lowest BCUT2D eigenvalue weighted by atomic mass is 9.89. The van der Waals surface area contributed by atoms with Gasteiger partial charge in [-0.2, -0.15) is 0 Å². The van der Waals surface area contributed by atoms with Crippen molar-refractivity contribution in [3.8, 4) is 0 Å². The van der Waals surface area contributed by atoms with Gasteiger partial charge in [0.25, 0.3) is 0 Å². The fraction of sp³-hybridized carbons (Fsp3) is 0.889. The van der Waals surface area contributed by atoms with Gasteiger partial charge in [-0.15, -0.1) is 0 Å². The molecule has 3 aliphatic heterocycles. The third-order valence-corrected chi connectivity index (χ3v) is 5.43. The van der Waals surface area contributed by atoms with Crippen molar-refractivity contribution < 1.29 is 19.4 Å². The molecule has 3 heterocycles. The minimum Gasteiger partial charge on any atom is -0.444 e. The van der Waals surface area contributed by atoms with Gasteiger partial charge in [0.1, 0.15) is 5.60 Å². The lowest BCUT2D eigenvalue weighted by molar-refractivity contribution is -0.140. The monoisotopic (exact) mass is 338 g/mol. The van der Waals surface area contributed by atoms with E-state index in [0.29, 0.717) is 31.5 Å². The summed E-state index contributed by atoms with van der Waals surface area (Å²) in [7, 11) is 0. The van der Waals surface area contributed by atoms with Gasteiger partial charge >= 0.3 is 6.09 Å². The summed E-state index contributed by atoms with van der Waals surface area (Å²) in [4.78, 5) is 28.5. The van der Waals surface area contributed by atoms with Crippen molar-refractivity contribution in [2.24, 2.45) is 0 Å². The van der Waals surface area contributed by atoms with Crippen LogP contribution in [0.4, 0.5) is 4.79 Å². The van der Waals surface area contributed by atoms with Gasteiger partial charge in [-0.1, -0.05) is 0 Å². The molecule has 3 saturated heterocycles. The van der Waals surface area contributed by atoms with E-state index in [1.54, 1.807) is 4.90 Å². The van der Waals surface area contributed by atoms with Gasteiger partial charge in [0.05, 0.1) is 18.6 Å². The van der Waals surface area contributed by atoms with Gasteiger partial charge in [0.15, 0.2) is 0 Å². The molecule has 136 valence electrons. The molecule has 24 heavy (non-hydrogen) atoms. The fourth-order valence-electron chi connectivity index (χ4n) is 4.43. The molecule has 3 rings (SSSR count). The van der Waals surface area contributed by atoms with E-state index in [0.717, 1.165) is 25.7 Å². The van der Waals surface area contributed by atoms with E-state index in [4.69, 9.17) is 4.74 Å². The summed E-state index contributed by atoms with van der Waals surface area (Å²) in [5.74, 6) is 0.0496. The van der Waals surface area contributed by atoms with Gasteiger partial charge in [0, 0.05) is 18.6 Å². The summed E-state index contributed by atoms with van der Waals surface area (Å²) in [6.07, 6.45) is 5.33. The van der Waals surface area contributed by atoms with Crippen molar-refractivity contribution in [3.05, 3.63) is 0 Å². The smallest absolute Gasteiger partial charge is 0.410 e. The van der Waals surface area contributed by atoms with Crippen molar-refractivity contribution in [2.45, 2.75) is 89.0 Å². The molecule has 0 aliphatic carbocycles. The maximum absolute atomic E-state index is 12.7. The van der Waals surface area contributed by atoms with Crippen LogP contribution in [0.5, 0.6) is 0 Å². The SMILES string of the molecule is CC(C)(C)OC(=O)N1CCC[C@](O)(CC(=O)N2C3CCC2CC3)C1. The first kappa shape index (κ1) is 17.5. The highest BCUT2D eigenvalue weighted by Crippen LogP contribution is 2.39. The topological polar surface area (TPSA) is 70.1 Å². The zero-order valence-electron chi connectivity index (χ0n) is 15.1. The number of ether oxygens (including phenoxy) is 1. The van der Waals surface area contributed by atoms with Gasteiger partial charge in [-0.25, -0.2) is 4.79 Å². The second-order valence-corrected chi connectivity index (χ2v) is 8.67. The molecule has 2 amide bonds. The number of carbonyl (C=O) groups excluding carboxylic acids is 2. The van der Waals surface area contributed by atoms with Crippen LogP contribution in [0, 0.1) is 0 Å². The highest BCUT2D eigenvalue weighted by molar-refractivity contribution is 5.79. The first-order valence-corrected chi connectivity index (χ1v) is 9.18. The molecule has 0 unspecified atom stereocenters. The van der Waals surface area contributed by atoms with Crippen LogP contribution in [0.15, 0.2) is 0 Å². The molecule has 2 bridgehead atoms. The molecule has 1 atom stereocenters. The maximum Gasteiger partial charge on any atom is 0.410 e. The normalized spacial score (nSPS) is 33.0. The van der Waals surface area contributed by atoms with Crippen molar-refractivity contribution in [3.63, 3.8) is 0 Å². The third-order valence-electron chi connectivity index (χ3n) is 5.43. The highest BCUT2D eigenvalue weighted by atomic mass is 16.6. The predicted molar refractivity (Wildman–Crippen MR) is 89.5 cm³/mol. The predicted octanol–water partition coefficient (Wildman–Crippen LogP) is 2.29. The summed E-state index contributed by atoms with van der Waals surface area (Å²) >= 11 is 0. The average Bonchev–Trinajstić information content (AvgIpc) is 3.05. The fourth-order valence-corrected chi connectivity index (χ4v) is 4.43. The Morgan fingerprint density at radius 3 is 2.29 bits per heavy atom. The molecule has 0 radical (unpaired) electrons. The summed E-state index contributed by atoms with van der Waals surface area (Å²) in [6, 6.07) is 0.744. The maximum atomic E-state index is 12.7. The number of piperidine rings is 1. The lowest BCUT2D eigenvalue weighted by Gasteiger charge is -2.40. The Morgan fingerprint density at radius 1 is 1.17 bits per heavy atom. The molecular weight excluding hydrogens is 308 g/mol. The van der Waals surface area contributed by atoms with Crippen molar-refractivity contribution in [1.82, 2.24) is 9.80 Å². The molecule has 3 fully saturated rings. The summed E-state index contributed by atoms with van der Waals surface area (Å²) in [5.41, 5.74) is -1.69. The highest BCUT2D eigenvalue weighted by Gasteiger charge is 2.45. The Bertz CT molecular complexity index is 496. The lowest BCUT2D eigenvalue weighted by Crippen LogP contribution is -2.53. The Morgan fingerprint density at radius 2 is 1.75 bits per heavy atom. The standard InChI is InChI=1S/C18H30N2O4/c1-17(2,3)24-16(22)19-10-4-9-18(23,12-19)11-15(21)20-13-5-6-14(20)8-7-13/h13-14,23H,4-12H2,1-3H3/t13?,14?,18-/m0/s1. The number of hydrogen-bond donors (Lipinski definition) is 1. The zero-order chi connectivity index (χ0) is 17.5. The number of likely N-dealkylation sites (tertiary alicyclic amines) is 1. The molecule has 1 N–H and O–H groups in total. The summed E-state index contributed by atoms with van der Waals surface area (Å²) in [5, 5.41) is 10.9. The minimum absolute atomic E-state index is 0.0496. The second-order valence-electron chi connectivity index (χ2n) is 8.67. The Hall–Kier alpha value is -1.30. The Labute approximate surface area is 144 Å². The van der Waals surface area contributed by atoms with Crippen LogP contribution < -0.4 is 0 Å². The molecule has 6 heteroatoms. The number of aliphatic hydroxyl groups is 1. The van der Waals surface area contributed by atoms with Crippen molar-refractivity contribution >= 4 is 12.0 Å². The summed E-state index contributed by atoms with van der Waals surface area (Å²) < 4.78 is 5.40. The van der Waals surface area contributed by atoms with Crippen LogP contribution >= 0.6 is 0 Å². The molecule has 3 aliphatic rings. The van der Waals surface area contributed by atoms with Crippen LogP contribution in [-0.2, 0) is 9.53 Å². The molecule has 6 nitrogen and oxygen atoms in total. The van der Waals surface area contributed by atoms with Gasteiger partial charge < -0.3 is 19.6 Å². The van der Waals surface area contributed by atoms with E-state index < -0.39 is 17.3 Å². The molecule has 0 aromatic carbocycles. The van der Waals surface area contributed by atoms with E-state index >= 15 is 0 Å². The van der Waals surface area contributed by atoms with E-state index in [1.165, 1.54) is 0 Å². The number of fused-ring (bicyclic) bond motifs is 2. The van der Waals surface area contributed by atoms with Crippen LogP contribution in [0.2, 0.25) is 0 Å². The van der Waals surface area contributed by atoms with Crippen LogP contribution in [0.1, 0.15) is 65.7 Å².